The van der Waals surface area contributed by atoms with Gasteiger partial charge >= 0.3 is 0 Å². The van der Waals surface area contributed by atoms with E-state index in [-0.39, 0.29) is 19.8 Å². The van der Waals surface area contributed by atoms with E-state index in [0.717, 1.165) is 50.4 Å². The van der Waals surface area contributed by atoms with Gasteiger partial charge in [0.25, 0.3) is 0 Å². The summed E-state index contributed by atoms with van der Waals surface area (Å²) in [6, 6.07) is 47.4. The maximum absolute atomic E-state index is 9.96. The Hall–Kier alpha value is -5.12. The fourth-order valence-electron chi connectivity index (χ4n) is 5.87. The SMILES string of the molecule is OCC(O)c1ccc(-c2ccc(N(c3ccc(-c4ccc(C(O)CO)cc4)cc3)c3ccc(-c4ccc(C(O)CO)cc4)cc3)cc2)cc1. The summed E-state index contributed by atoms with van der Waals surface area (Å²) < 4.78 is 0. The van der Waals surface area contributed by atoms with E-state index in [4.69, 9.17) is 0 Å². The minimum atomic E-state index is -0.903. The second kappa shape index (κ2) is 15.4. The number of aliphatic hydroxyl groups is 6. The Bertz CT molecular complexity index is 1690. The quantitative estimate of drug-likeness (QED) is 0.0823. The lowest BCUT2D eigenvalue weighted by Crippen LogP contribution is -2.09. The molecule has 0 aliphatic heterocycles. The van der Waals surface area contributed by atoms with Crippen molar-refractivity contribution >= 4 is 17.1 Å². The van der Waals surface area contributed by atoms with E-state index in [2.05, 4.69) is 77.7 Å². The highest BCUT2D eigenvalue weighted by atomic mass is 16.3. The first-order valence-corrected chi connectivity index (χ1v) is 16.2. The highest BCUT2D eigenvalue weighted by molar-refractivity contribution is 5.81. The first-order chi connectivity index (χ1) is 23.9. The first-order valence-electron chi connectivity index (χ1n) is 16.2. The molecule has 0 aromatic heterocycles. The molecule has 6 N–H and O–H groups in total. The summed E-state index contributed by atoms with van der Waals surface area (Å²) in [4.78, 5) is 2.18. The molecule has 6 aromatic carbocycles. The molecule has 0 spiro atoms. The Balaban J connectivity index is 1.32. The second-order valence-electron chi connectivity index (χ2n) is 11.9. The van der Waals surface area contributed by atoms with Gasteiger partial charge in [0.15, 0.2) is 0 Å². The predicted molar refractivity (Wildman–Crippen MR) is 194 cm³/mol. The lowest BCUT2D eigenvalue weighted by atomic mass is 10.00. The topological polar surface area (TPSA) is 125 Å². The number of hydrogen-bond donors (Lipinski definition) is 6. The molecule has 3 atom stereocenters. The number of nitrogens with zero attached hydrogens (tertiary/aromatic N) is 1. The van der Waals surface area contributed by atoms with Gasteiger partial charge in [-0.15, -0.1) is 0 Å². The van der Waals surface area contributed by atoms with Crippen molar-refractivity contribution in [3.05, 3.63) is 162 Å². The standard InChI is InChI=1S/C42H39NO6/c44-25-40(47)34-7-1-28(2-8-34)31-13-19-37(20-14-31)43(38-21-15-32(16-22-38)29-3-9-35(10-4-29)41(48)26-45)39-23-17-33(18-24-39)30-5-11-36(12-6-30)42(49)27-46/h1-24,40-42,44-49H,25-27H2. The normalized spacial score (nSPS) is 13.1. The molecule has 7 nitrogen and oxygen atoms in total. The van der Waals surface area contributed by atoms with Crippen molar-refractivity contribution < 1.29 is 30.6 Å². The summed E-state index contributed by atoms with van der Waals surface area (Å²) >= 11 is 0. The average molecular weight is 654 g/mol. The van der Waals surface area contributed by atoms with Crippen LogP contribution >= 0.6 is 0 Å². The van der Waals surface area contributed by atoms with E-state index in [1.54, 1.807) is 0 Å². The maximum Gasteiger partial charge on any atom is 0.102 e. The van der Waals surface area contributed by atoms with E-state index >= 15 is 0 Å². The van der Waals surface area contributed by atoms with Gasteiger partial charge in [-0.3, -0.25) is 0 Å². The summed E-state index contributed by atoms with van der Waals surface area (Å²) in [6.45, 7) is -0.976. The van der Waals surface area contributed by atoms with E-state index in [0.29, 0.717) is 16.7 Å². The number of aliphatic hydroxyl groups excluding tert-OH is 6. The Labute approximate surface area is 285 Å². The highest BCUT2D eigenvalue weighted by Gasteiger charge is 2.15. The molecule has 248 valence electrons. The molecule has 0 bridgehead atoms. The van der Waals surface area contributed by atoms with E-state index < -0.39 is 18.3 Å². The van der Waals surface area contributed by atoms with Crippen molar-refractivity contribution in [2.75, 3.05) is 24.7 Å². The van der Waals surface area contributed by atoms with Gasteiger partial charge in [-0.2, -0.15) is 0 Å². The van der Waals surface area contributed by atoms with E-state index in [1.165, 1.54) is 0 Å². The molecule has 0 saturated carbocycles. The zero-order valence-corrected chi connectivity index (χ0v) is 26.8. The van der Waals surface area contributed by atoms with E-state index in [1.807, 2.05) is 72.8 Å². The minimum Gasteiger partial charge on any atom is -0.393 e. The van der Waals surface area contributed by atoms with Gasteiger partial charge < -0.3 is 35.5 Å². The molecule has 0 saturated heterocycles. The minimum absolute atomic E-state index is 0.325. The van der Waals surface area contributed by atoms with E-state index in [9.17, 15) is 30.6 Å². The Morgan fingerprint density at radius 2 is 0.490 bits per heavy atom. The van der Waals surface area contributed by atoms with Crippen molar-refractivity contribution in [2.24, 2.45) is 0 Å². The van der Waals surface area contributed by atoms with Crippen molar-refractivity contribution in [1.82, 2.24) is 0 Å². The average Bonchev–Trinajstić information content (AvgIpc) is 3.18. The van der Waals surface area contributed by atoms with Gasteiger partial charge in [-0.05, 0) is 86.5 Å². The largest absolute Gasteiger partial charge is 0.393 e. The third-order valence-corrected chi connectivity index (χ3v) is 8.78. The van der Waals surface area contributed by atoms with Gasteiger partial charge in [0, 0.05) is 17.1 Å². The van der Waals surface area contributed by atoms with Crippen molar-refractivity contribution in [3.63, 3.8) is 0 Å². The molecular formula is C42H39NO6. The molecule has 6 aromatic rings. The third kappa shape index (κ3) is 7.63. The number of rotatable bonds is 12. The van der Waals surface area contributed by atoms with Crippen LogP contribution in [0.3, 0.4) is 0 Å². The molecule has 3 unspecified atom stereocenters. The van der Waals surface area contributed by atoms with Crippen LogP contribution in [0.15, 0.2) is 146 Å². The molecule has 0 aliphatic rings. The zero-order valence-electron chi connectivity index (χ0n) is 26.8. The Morgan fingerprint density at radius 3 is 0.673 bits per heavy atom. The number of anilines is 3. The molecule has 49 heavy (non-hydrogen) atoms. The van der Waals surface area contributed by atoms with Crippen LogP contribution in [-0.2, 0) is 0 Å². The second-order valence-corrected chi connectivity index (χ2v) is 11.9. The van der Waals surface area contributed by atoms with Crippen LogP contribution in [0, 0.1) is 0 Å². The molecule has 7 heteroatoms. The summed E-state index contributed by atoms with van der Waals surface area (Å²) in [6.07, 6.45) is -2.71. The fourth-order valence-corrected chi connectivity index (χ4v) is 5.87. The van der Waals surface area contributed by atoms with Crippen LogP contribution in [-0.4, -0.2) is 50.5 Å². The van der Waals surface area contributed by atoms with Gasteiger partial charge in [-0.1, -0.05) is 109 Å². The van der Waals surface area contributed by atoms with Crippen molar-refractivity contribution in [2.45, 2.75) is 18.3 Å². The summed E-state index contributed by atoms with van der Waals surface area (Å²) in [7, 11) is 0. The van der Waals surface area contributed by atoms with Crippen LogP contribution in [0.2, 0.25) is 0 Å². The Kier molecular flexibility index (Phi) is 10.6. The fraction of sp³-hybridized carbons (Fsp3) is 0.143. The molecule has 0 amide bonds. The van der Waals surface area contributed by atoms with Gasteiger partial charge in [-0.25, -0.2) is 0 Å². The lowest BCUT2D eigenvalue weighted by Gasteiger charge is -2.26. The van der Waals surface area contributed by atoms with Crippen LogP contribution in [0.25, 0.3) is 33.4 Å². The van der Waals surface area contributed by atoms with Crippen LogP contribution in [0.5, 0.6) is 0 Å². The molecule has 0 fully saturated rings. The number of benzene rings is 6. The molecule has 0 heterocycles. The van der Waals surface area contributed by atoms with Crippen molar-refractivity contribution in [1.29, 1.82) is 0 Å². The van der Waals surface area contributed by atoms with Crippen LogP contribution in [0.1, 0.15) is 35.0 Å². The monoisotopic (exact) mass is 653 g/mol. The van der Waals surface area contributed by atoms with Gasteiger partial charge in [0.05, 0.1) is 19.8 Å². The summed E-state index contributed by atoms with van der Waals surface area (Å²) in [5.74, 6) is 0. The maximum atomic E-state index is 9.96. The van der Waals surface area contributed by atoms with Crippen LogP contribution < -0.4 is 4.90 Å². The number of hydrogen-bond acceptors (Lipinski definition) is 7. The molecule has 6 rings (SSSR count). The van der Waals surface area contributed by atoms with Gasteiger partial charge in [0.2, 0.25) is 0 Å². The summed E-state index contributed by atoms with van der Waals surface area (Å²) in [5.41, 5.74) is 10.9. The predicted octanol–water partition coefficient (Wildman–Crippen LogP) is 7.23. The first kappa shape index (κ1) is 33.8. The molecule has 0 aliphatic carbocycles. The lowest BCUT2D eigenvalue weighted by molar-refractivity contribution is 0.0956. The Morgan fingerprint density at radius 1 is 0.306 bits per heavy atom. The highest BCUT2D eigenvalue weighted by Crippen LogP contribution is 2.38. The summed E-state index contributed by atoms with van der Waals surface area (Å²) in [5, 5.41) is 57.7. The molecular weight excluding hydrogens is 614 g/mol. The van der Waals surface area contributed by atoms with Crippen molar-refractivity contribution in [3.8, 4) is 33.4 Å². The molecule has 0 radical (unpaired) electrons. The zero-order chi connectivity index (χ0) is 34.3. The van der Waals surface area contributed by atoms with Gasteiger partial charge in [0.1, 0.15) is 18.3 Å². The third-order valence-electron chi connectivity index (χ3n) is 8.78. The van der Waals surface area contributed by atoms with Crippen LogP contribution in [0.4, 0.5) is 17.1 Å². The smallest absolute Gasteiger partial charge is 0.102 e.